The molecule has 0 unspecified atom stereocenters. The maximum absolute atomic E-state index is 12.2. The molecule has 1 aromatic rings. The summed E-state index contributed by atoms with van der Waals surface area (Å²) in [6.07, 6.45) is 5.53. The highest BCUT2D eigenvalue weighted by atomic mass is 79.9. The third-order valence-electron chi connectivity index (χ3n) is 3.07. The van der Waals surface area contributed by atoms with Crippen LogP contribution < -0.4 is 0 Å². The summed E-state index contributed by atoms with van der Waals surface area (Å²) in [6.45, 7) is 3.98. The number of halogens is 1. The lowest BCUT2D eigenvalue weighted by atomic mass is 9.99. The van der Waals surface area contributed by atoms with Crippen molar-refractivity contribution in [2.45, 2.75) is 19.8 Å². The Hall–Kier alpha value is -0.900. The molecule has 0 aromatic carbocycles. The molecule has 1 aliphatic heterocycles. The number of amides is 1. The lowest BCUT2D eigenvalue weighted by Gasteiger charge is -2.30. The standard InChI is InChI=1S/C12H15BrN2O/c1-9-3-6-15(7-4-9)12(16)10-2-5-14-8-11(10)13/h2,5,8-9H,3-4,6-7H2,1H3. The van der Waals surface area contributed by atoms with Crippen molar-refractivity contribution in [3.05, 3.63) is 28.5 Å². The molecule has 0 N–H and O–H groups in total. The maximum Gasteiger partial charge on any atom is 0.255 e. The summed E-state index contributed by atoms with van der Waals surface area (Å²) in [5.41, 5.74) is 0.713. The molecule has 1 saturated heterocycles. The van der Waals surface area contributed by atoms with Crippen LogP contribution in [0.4, 0.5) is 0 Å². The van der Waals surface area contributed by atoms with Crippen LogP contribution in [0.15, 0.2) is 22.9 Å². The van der Waals surface area contributed by atoms with Crippen LogP contribution in [0.5, 0.6) is 0 Å². The highest BCUT2D eigenvalue weighted by Crippen LogP contribution is 2.21. The highest BCUT2D eigenvalue weighted by molar-refractivity contribution is 9.10. The van der Waals surface area contributed by atoms with Crippen LogP contribution in [-0.4, -0.2) is 28.9 Å². The van der Waals surface area contributed by atoms with E-state index in [4.69, 9.17) is 0 Å². The monoisotopic (exact) mass is 282 g/mol. The molecule has 0 aliphatic carbocycles. The molecule has 0 atom stereocenters. The molecule has 1 aliphatic rings. The van der Waals surface area contributed by atoms with Crippen molar-refractivity contribution in [1.29, 1.82) is 0 Å². The Labute approximate surface area is 104 Å². The van der Waals surface area contributed by atoms with Crippen LogP contribution in [-0.2, 0) is 0 Å². The van der Waals surface area contributed by atoms with Gasteiger partial charge >= 0.3 is 0 Å². The predicted octanol–water partition coefficient (Wildman–Crippen LogP) is 2.72. The van der Waals surface area contributed by atoms with Crippen molar-refractivity contribution >= 4 is 21.8 Å². The van der Waals surface area contributed by atoms with E-state index in [1.165, 1.54) is 0 Å². The average molecular weight is 283 g/mol. The summed E-state index contributed by atoms with van der Waals surface area (Å²) in [4.78, 5) is 18.1. The fourth-order valence-corrected chi connectivity index (χ4v) is 2.35. The lowest BCUT2D eigenvalue weighted by molar-refractivity contribution is 0.0696. The van der Waals surface area contributed by atoms with E-state index in [1.54, 1.807) is 18.5 Å². The molecule has 4 heteroatoms. The van der Waals surface area contributed by atoms with Gasteiger partial charge in [0, 0.05) is 30.0 Å². The lowest BCUT2D eigenvalue weighted by Crippen LogP contribution is -2.38. The zero-order chi connectivity index (χ0) is 11.5. The molecular weight excluding hydrogens is 268 g/mol. The highest BCUT2D eigenvalue weighted by Gasteiger charge is 2.22. The number of likely N-dealkylation sites (tertiary alicyclic amines) is 1. The number of hydrogen-bond acceptors (Lipinski definition) is 2. The number of carbonyl (C=O) groups excluding carboxylic acids is 1. The van der Waals surface area contributed by atoms with Gasteiger partial charge in [-0.3, -0.25) is 9.78 Å². The molecule has 0 bridgehead atoms. The van der Waals surface area contributed by atoms with Gasteiger partial charge in [-0.2, -0.15) is 0 Å². The second-order valence-electron chi connectivity index (χ2n) is 4.33. The van der Waals surface area contributed by atoms with Crippen LogP contribution >= 0.6 is 15.9 Å². The molecule has 0 radical (unpaired) electrons. The number of carbonyl (C=O) groups is 1. The average Bonchev–Trinajstić information content (AvgIpc) is 2.30. The molecule has 1 amide bonds. The molecule has 2 rings (SSSR count). The van der Waals surface area contributed by atoms with E-state index in [0.717, 1.165) is 36.3 Å². The van der Waals surface area contributed by atoms with Gasteiger partial charge in [0.2, 0.25) is 0 Å². The fraction of sp³-hybridized carbons (Fsp3) is 0.500. The van der Waals surface area contributed by atoms with E-state index in [0.29, 0.717) is 5.56 Å². The fourth-order valence-electron chi connectivity index (χ4n) is 1.93. The first-order valence-electron chi connectivity index (χ1n) is 5.57. The smallest absolute Gasteiger partial charge is 0.255 e. The first-order valence-corrected chi connectivity index (χ1v) is 6.36. The van der Waals surface area contributed by atoms with Gasteiger partial charge in [-0.05, 0) is 40.8 Å². The first-order chi connectivity index (χ1) is 7.68. The Morgan fingerprint density at radius 2 is 2.19 bits per heavy atom. The molecule has 0 spiro atoms. The second-order valence-corrected chi connectivity index (χ2v) is 5.18. The van der Waals surface area contributed by atoms with Gasteiger partial charge < -0.3 is 4.90 Å². The number of hydrogen-bond donors (Lipinski definition) is 0. The van der Waals surface area contributed by atoms with Crippen molar-refractivity contribution in [2.24, 2.45) is 5.92 Å². The third kappa shape index (κ3) is 2.43. The number of pyridine rings is 1. The van der Waals surface area contributed by atoms with Crippen LogP contribution in [0.1, 0.15) is 30.1 Å². The van der Waals surface area contributed by atoms with Crippen LogP contribution in [0.3, 0.4) is 0 Å². The molecule has 16 heavy (non-hydrogen) atoms. The molecular formula is C12H15BrN2O. The van der Waals surface area contributed by atoms with E-state index in [2.05, 4.69) is 27.8 Å². The van der Waals surface area contributed by atoms with E-state index < -0.39 is 0 Å². The Kier molecular flexibility index (Phi) is 3.59. The summed E-state index contributed by atoms with van der Waals surface area (Å²) < 4.78 is 0.777. The molecule has 1 fully saturated rings. The predicted molar refractivity (Wildman–Crippen MR) is 66.2 cm³/mol. The van der Waals surface area contributed by atoms with Crippen molar-refractivity contribution in [1.82, 2.24) is 9.88 Å². The summed E-state index contributed by atoms with van der Waals surface area (Å²) in [5, 5.41) is 0. The Balaban J connectivity index is 2.11. The van der Waals surface area contributed by atoms with Crippen molar-refractivity contribution in [3.8, 4) is 0 Å². The van der Waals surface area contributed by atoms with E-state index in [1.807, 2.05) is 4.90 Å². The Morgan fingerprint density at radius 3 is 2.81 bits per heavy atom. The quantitative estimate of drug-likeness (QED) is 0.794. The van der Waals surface area contributed by atoms with Gasteiger partial charge in [-0.25, -0.2) is 0 Å². The summed E-state index contributed by atoms with van der Waals surface area (Å²) >= 11 is 3.37. The van der Waals surface area contributed by atoms with Crippen molar-refractivity contribution < 1.29 is 4.79 Å². The largest absolute Gasteiger partial charge is 0.339 e. The van der Waals surface area contributed by atoms with Gasteiger partial charge in [-0.1, -0.05) is 6.92 Å². The van der Waals surface area contributed by atoms with Gasteiger partial charge in [0.1, 0.15) is 0 Å². The first kappa shape index (κ1) is 11.6. The molecule has 0 saturated carbocycles. The maximum atomic E-state index is 12.2. The Morgan fingerprint density at radius 1 is 1.50 bits per heavy atom. The minimum absolute atomic E-state index is 0.112. The van der Waals surface area contributed by atoms with Crippen molar-refractivity contribution in [2.75, 3.05) is 13.1 Å². The topological polar surface area (TPSA) is 33.2 Å². The number of piperidine rings is 1. The molecule has 1 aromatic heterocycles. The van der Waals surface area contributed by atoms with Crippen LogP contribution in [0.2, 0.25) is 0 Å². The SMILES string of the molecule is CC1CCN(C(=O)c2ccncc2Br)CC1. The van der Waals surface area contributed by atoms with E-state index in [-0.39, 0.29) is 5.91 Å². The molecule has 2 heterocycles. The third-order valence-corrected chi connectivity index (χ3v) is 3.71. The Bertz CT molecular complexity index is 386. The molecule has 3 nitrogen and oxygen atoms in total. The van der Waals surface area contributed by atoms with Crippen molar-refractivity contribution in [3.63, 3.8) is 0 Å². The van der Waals surface area contributed by atoms with E-state index >= 15 is 0 Å². The van der Waals surface area contributed by atoms with Crippen LogP contribution in [0, 0.1) is 5.92 Å². The van der Waals surface area contributed by atoms with Gasteiger partial charge in [0.05, 0.1) is 5.56 Å². The van der Waals surface area contributed by atoms with E-state index in [9.17, 15) is 4.79 Å². The summed E-state index contributed by atoms with van der Waals surface area (Å²) in [5.74, 6) is 0.853. The van der Waals surface area contributed by atoms with Gasteiger partial charge in [0.15, 0.2) is 0 Å². The van der Waals surface area contributed by atoms with Crippen LogP contribution in [0.25, 0.3) is 0 Å². The minimum atomic E-state index is 0.112. The zero-order valence-electron chi connectivity index (χ0n) is 9.32. The minimum Gasteiger partial charge on any atom is -0.339 e. The molecule has 86 valence electrons. The van der Waals surface area contributed by atoms with Gasteiger partial charge in [-0.15, -0.1) is 0 Å². The second kappa shape index (κ2) is 4.95. The van der Waals surface area contributed by atoms with Gasteiger partial charge in [0.25, 0.3) is 5.91 Å². The number of rotatable bonds is 1. The number of nitrogens with zero attached hydrogens (tertiary/aromatic N) is 2. The number of aromatic nitrogens is 1. The zero-order valence-corrected chi connectivity index (χ0v) is 10.9. The summed E-state index contributed by atoms with van der Waals surface area (Å²) in [6, 6.07) is 1.77. The summed E-state index contributed by atoms with van der Waals surface area (Å²) in [7, 11) is 0. The normalized spacial score (nSPS) is 17.5.